The van der Waals surface area contributed by atoms with E-state index in [0.717, 1.165) is 30.9 Å². The molecule has 0 atom stereocenters. The first-order valence-corrected chi connectivity index (χ1v) is 9.86. The average Bonchev–Trinajstić information content (AvgIpc) is 3.02. The van der Waals surface area contributed by atoms with Gasteiger partial charge in [0.15, 0.2) is 9.84 Å². The molecule has 8 heteroatoms. The van der Waals surface area contributed by atoms with Gasteiger partial charge in [-0.15, -0.1) is 0 Å². The van der Waals surface area contributed by atoms with E-state index in [1.165, 1.54) is 12.1 Å². The first-order chi connectivity index (χ1) is 12.3. The van der Waals surface area contributed by atoms with Crippen LogP contribution in [0.3, 0.4) is 0 Å². The molecule has 1 N–H and O–H groups in total. The van der Waals surface area contributed by atoms with Gasteiger partial charge in [0.05, 0.1) is 10.6 Å². The fraction of sp³-hybridized carbons (Fsp3) is 0.222. The predicted molar refractivity (Wildman–Crippen MR) is 95.5 cm³/mol. The molecule has 0 spiro atoms. The second kappa shape index (κ2) is 6.87. The van der Waals surface area contributed by atoms with E-state index in [-0.39, 0.29) is 22.1 Å². The number of anilines is 2. The Morgan fingerprint density at radius 2 is 1.85 bits per heavy atom. The second-order valence-electron chi connectivity index (χ2n) is 6.06. The molecule has 0 unspecified atom stereocenters. The lowest BCUT2D eigenvalue weighted by molar-refractivity contribution is -0.117. The van der Waals surface area contributed by atoms with Gasteiger partial charge in [0.25, 0.3) is 5.91 Å². The molecule has 1 aliphatic rings. The molecule has 1 aliphatic heterocycles. The third-order valence-electron chi connectivity index (χ3n) is 4.13. The highest BCUT2D eigenvalue weighted by molar-refractivity contribution is 7.90. The van der Waals surface area contributed by atoms with Gasteiger partial charge in [0.1, 0.15) is 5.82 Å². The van der Waals surface area contributed by atoms with Crippen molar-refractivity contribution in [3.05, 3.63) is 53.8 Å². The summed E-state index contributed by atoms with van der Waals surface area (Å²) in [4.78, 5) is 25.6. The minimum Gasteiger partial charge on any atom is -0.319 e. The lowest BCUT2D eigenvalue weighted by atomic mass is 10.1. The third kappa shape index (κ3) is 3.75. The van der Waals surface area contributed by atoms with Crippen molar-refractivity contribution in [2.45, 2.75) is 17.7 Å². The molecule has 2 aromatic carbocycles. The van der Waals surface area contributed by atoms with Crippen molar-refractivity contribution in [3.8, 4) is 0 Å². The van der Waals surface area contributed by atoms with E-state index in [4.69, 9.17) is 0 Å². The lowest BCUT2D eigenvalue weighted by Crippen LogP contribution is -2.23. The molecule has 2 amide bonds. The van der Waals surface area contributed by atoms with Crippen LogP contribution in [-0.4, -0.2) is 33.0 Å². The first-order valence-electron chi connectivity index (χ1n) is 7.97. The van der Waals surface area contributed by atoms with Gasteiger partial charge in [-0.25, -0.2) is 12.8 Å². The number of halogens is 1. The second-order valence-corrected chi connectivity index (χ2v) is 8.08. The zero-order valence-corrected chi connectivity index (χ0v) is 14.8. The molecule has 1 saturated heterocycles. The number of rotatable bonds is 4. The fourth-order valence-electron chi connectivity index (χ4n) is 2.74. The summed E-state index contributed by atoms with van der Waals surface area (Å²) in [5.74, 6) is -1.26. The SMILES string of the molecule is CS(=O)(=O)c1ccc(F)c(NC(=O)c2ccc(N3CCCC3=O)cc2)c1. The highest BCUT2D eigenvalue weighted by atomic mass is 32.2. The van der Waals surface area contributed by atoms with E-state index >= 15 is 0 Å². The fourth-order valence-corrected chi connectivity index (χ4v) is 3.39. The Bertz CT molecular complexity index is 971. The van der Waals surface area contributed by atoms with E-state index in [1.54, 1.807) is 17.0 Å². The number of hydrogen-bond acceptors (Lipinski definition) is 4. The summed E-state index contributed by atoms with van der Waals surface area (Å²) >= 11 is 0. The molecule has 0 aromatic heterocycles. The molecule has 1 heterocycles. The van der Waals surface area contributed by atoms with Crippen molar-refractivity contribution in [1.82, 2.24) is 0 Å². The van der Waals surface area contributed by atoms with Crippen molar-refractivity contribution in [2.24, 2.45) is 0 Å². The zero-order chi connectivity index (χ0) is 18.9. The Morgan fingerprint density at radius 3 is 2.42 bits per heavy atom. The number of sulfone groups is 1. The van der Waals surface area contributed by atoms with Gasteiger partial charge in [0, 0.05) is 30.5 Å². The van der Waals surface area contributed by atoms with Crippen LogP contribution < -0.4 is 10.2 Å². The summed E-state index contributed by atoms with van der Waals surface area (Å²) in [7, 11) is -3.52. The number of carbonyl (C=O) groups excluding carboxylic acids is 2. The van der Waals surface area contributed by atoms with Crippen LogP contribution in [0.1, 0.15) is 23.2 Å². The first kappa shape index (κ1) is 18.1. The highest BCUT2D eigenvalue weighted by Crippen LogP contribution is 2.23. The summed E-state index contributed by atoms with van der Waals surface area (Å²) in [6, 6.07) is 9.60. The van der Waals surface area contributed by atoms with E-state index in [2.05, 4.69) is 5.32 Å². The van der Waals surface area contributed by atoms with Gasteiger partial charge >= 0.3 is 0 Å². The van der Waals surface area contributed by atoms with E-state index in [9.17, 15) is 22.4 Å². The summed E-state index contributed by atoms with van der Waals surface area (Å²) in [5, 5.41) is 2.38. The van der Waals surface area contributed by atoms with Crippen molar-refractivity contribution in [3.63, 3.8) is 0 Å². The minimum absolute atomic E-state index is 0.0434. The molecule has 0 radical (unpaired) electrons. The van der Waals surface area contributed by atoms with Crippen LogP contribution in [0.25, 0.3) is 0 Å². The number of nitrogens with one attached hydrogen (secondary N) is 1. The monoisotopic (exact) mass is 376 g/mol. The summed E-state index contributed by atoms with van der Waals surface area (Å²) in [6.45, 7) is 0.647. The van der Waals surface area contributed by atoms with Crippen molar-refractivity contribution in [1.29, 1.82) is 0 Å². The van der Waals surface area contributed by atoms with Crippen LogP contribution in [0, 0.1) is 5.82 Å². The standard InChI is InChI=1S/C18H17FN2O4S/c1-26(24,25)14-8-9-15(19)16(11-14)20-18(23)12-4-6-13(7-5-12)21-10-2-3-17(21)22/h4-9,11H,2-3,10H2,1H3,(H,20,23). The normalized spacial score (nSPS) is 14.5. The van der Waals surface area contributed by atoms with Gasteiger partial charge in [-0.3, -0.25) is 9.59 Å². The van der Waals surface area contributed by atoms with Crippen LogP contribution in [-0.2, 0) is 14.6 Å². The Balaban J connectivity index is 1.79. The van der Waals surface area contributed by atoms with Gasteiger partial charge in [-0.1, -0.05) is 0 Å². The lowest BCUT2D eigenvalue weighted by Gasteiger charge is -2.16. The summed E-state index contributed by atoms with van der Waals surface area (Å²) < 4.78 is 37.0. The van der Waals surface area contributed by atoms with Crippen molar-refractivity contribution >= 4 is 33.0 Å². The summed E-state index contributed by atoms with van der Waals surface area (Å²) in [5.41, 5.74) is 0.760. The van der Waals surface area contributed by atoms with Gasteiger partial charge < -0.3 is 10.2 Å². The molecule has 3 rings (SSSR count). The van der Waals surface area contributed by atoms with Crippen LogP contribution in [0.4, 0.5) is 15.8 Å². The molecule has 0 bridgehead atoms. The molecule has 0 saturated carbocycles. The predicted octanol–water partition coefficient (Wildman–Crippen LogP) is 2.61. The molecule has 1 fully saturated rings. The molecule has 2 aromatic rings. The Kier molecular flexibility index (Phi) is 4.78. The minimum atomic E-state index is -3.52. The third-order valence-corrected chi connectivity index (χ3v) is 5.24. The number of benzene rings is 2. The topological polar surface area (TPSA) is 83.6 Å². The number of amides is 2. The van der Waals surface area contributed by atoms with Crippen molar-refractivity contribution < 1.29 is 22.4 Å². The average molecular weight is 376 g/mol. The maximum absolute atomic E-state index is 13.9. The van der Waals surface area contributed by atoms with Crippen LogP contribution >= 0.6 is 0 Å². The quantitative estimate of drug-likeness (QED) is 0.832. The maximum Gasteiger partial charge on any atom is 0.255 e. The Morgan fingerprint density at radius 1 is 1.15 bits per heavy atom. The number of nitrogens with zero attached hydrogens (tertiary/aromatic N) is 1. The van der Waals surface area contributed by atoms with Crippen LogP contribution in [0.2, 0.25) is 0 Å². The van der Waals surface area contributed by atoms with Crippen LogP contribution in [0.5, 0.6) is 0 Å². The molecule has 0 aliphatic carbocycles. The summed E-state index contributed by atoms with van der Waals surface area (Å²) in [6.07, 6.45) is 2.32. The molecular weight excluding hydrogens is 359 g/mol. The molecule has 136 valence electrons. The zero-order valence-electron chi connectivity index (χ0n) is 14.0. The largest absolute Gasteiger partial charge is 0.319 e. The van der Waals surface area contributed by atoms with E-state index < -0.39 is 21.6 Å². The number of carbonyl (C=O) groups is 2. The maximum atomic E-state index is 13.9. The van der Waals surface area contributed by atoms with Crippen LogP contribution in [0.15, 0.2) is 47.4 Å². The highest BCUT2D eigenvalue weighted by Gasteiger charge is 2.22. The van der Waals surface area contributed by atoms with Crippen molar-refractivity contribution in [2.75, 3.05) is 23.0 Å². The molecule has 26 heavy (non-hydrogen) atoms. The Hall–Kier alpha value is -2.74. The Labute approximate surface area is 150 Å². The molecule has 6 nitrogen and oxygen atoms in total. The van der Waals surface area contributed by atoms with E-state index in [1.807, 2.05) is 0 Å². The van der Waals surface area contributed by atoms with Gasteiger partial charge in [0.2, 0.25) is 5.91 Å². The van der Waals surface area contributed by atoms with Gasteiger partial charge in [-0.05, 0) is 48.9 Å². The molecular formula is C18H17FN2O4S. The number of hydrogen-bond donors (Lipinski definition) is 1. The van der Waals surface area contributed by atoms with E-state index in [0.29, 0.717) is 18.7 Å². The smallest absolute Gasteiger partial charge is 0.255 e. The van der Waals surface area contributed by atoms with Gasteiger partial charge in [-0.2, -0.15) is 0 Å².